The van der Waals surface area contributed by atoms with Crippen molar-refractivity contribution in [1.82, 2.24) is 10.3 Å². The molecule has 0 bridgehead atoms. The molecule has 0 fully saturated rings. The van der Waals surface area contributed by atoms with E-state index < -0.39 is 0 Å². The Morgan fingerprint density at radius 2 is 2.15 bits per heavy atom. The molecule has 0 radical (unpaired) electrons. The standard InChI is InChI=1S/C14H15N3O3/c1-9(18)16-12-5-3-4-11(6-12)14(19)15-7-13-8-20-10(2)17-13/h3-6,8H,7H2,1-2H3,(H,15,19)(H,16,18). The zero-order chi connectivity index (χ0) is 14.5. The molecule has 2 aromatic rings. The average Bonchev–Trinajstić information content (AvgIpc) is 2.81. The minimum atomic E-state index is -0.238. The second-order valence-corrected chi connectivity index (χ2v) is 4.30. The summed E-state index contributed by atoms with van der Waals surface area (Å²) in [6.07, 6.45) is 1.50. The molecule has 0 unspecified atom stereocenters. The molecule has 0 saturated carbocycles. The number of aryl methyl sites for hydroxylation is 1. The number of carbonyl (C=O) groups is 2. The lowest BCUT2D eigenvalue weighted by atomic mass is 10.2. The number of benzene rings is 1. The highest BCUT2D eigenvalue weighted by Gasteiger charge is 2.08. The number of amides is 2. The number of anilines is 1. The van der Waals surface area contributed by atoms with Crippen LogP contribution in [0.15, 0.2) is 34.9 Å². The summed E-state index contributed by atoms with van der Waals surface area (Å²) in [6, 6.07) is 6.72. The summed E-state index contributed by atoms with van der Waals surface area (Å²) in [5, 5.41) is 5.37. The van der Waals surface area contributed by atoms with Gasteiger partial charge in [0.05, 0.1) is 12.2 Å². The van der Waals surface area contributed by atoms with Gasteiger partial charge in [-0.05, 0) is 18.2 Å². The normalized spacial score (nSPS) is 10.1. The van der Waals surface area contributed by atoms with Crippen LogP contribution in [0.4, 0.5) is 5.69 Å². The van der Waals surface area contributed by atoms with Gasteiger partial charge in [-0.25, -0.2) is 4.98 Å². The number of rotatable bonds is 4. The van der Waals surface area contributed by atoms with Crippen molar-refractivity contribution < 1.29 is 14.0 Å². The fourth-order valence-electron chi connectivity index (χ4n) is 1.70. The number of nitrogens with one attached hydrogen (secondary N) is 2. The van der Waals surface area contributed by atoms with Crippen molar-refractivity contribution in [2.45, 2.75) is 20.4 Å². The van der Waals surface area contributed by atoms with Crippen LogP contribution in [-0.4, -0.2) is 16.8 Å². The molecule has 0 aliphatic carbocycles. The Morgan fingerprint density at radius 3 is 2.80 bits per heavy atom. The van der Waals surface area contributed by atoms with Crippen molar-refractivity contribution in [2.24, 2.45) is 0 Å². The molecule has 20 heavy (non-hydrogen) atoms. The third kappa shape index (κ3) is 3.68. The largest absolute Gasteiger partial charge is 0.449 e. The van der Waals surface area contributed by atoms with E-state index in [1.807, 2.05) is 0 Å². The predicted molar refractivity (Wildman–Crippen MR) is 73.2 cm³/mol. The van der Waals surface area contributed by atoms with Crippen molar-refractivity contribution in [3.63, 3.8) is 0 Å². The Kier molecular flexibility index (Phi) is 4.14. The van der Waals surface area contributed by atoms with E-state index in [0.29, 0.717) is 29.4 Å². The topological polar surface area (TPSA) is 84.2 Å². The number of carbonyl (C=O) groups excluding carboxylic acids is 2. The first-order valence-electron chi connectivity index (χ1n) is 6.11. The van der Waals surface area contributed by atoms with Crippen LogP contribution < -0.4 is 10.6 Å². The highest BCUT2D eigenvalue weighted by Crippen LogP contribution is 2.10. The third-order valence-electron chi connectivity index (χ3n) is 2.54. The Balaban J connectivity index is 1.99. The fourth-order valence-corrected chi connectivity index (χ4v) is 1.70. The number of hydrogen-bond donors (Lipinski definition) is 2. The maximum atomic E-state index is 12.0. The van der Waals surface area contributed by atoms with E-state index in [1.54, 1.807) is 31.2 Å². The van der Waals surface area contributed by atoms with Crippen LogP contribution in [0.5, 0.6) is 0 Å². The number of hydrogen-bond acceptors (Lipinski definition) is 4. The SMILES string of the molecule is CC(=O)Nc1cccc(C(=O)NCc2coc(C)n2)c1. The molecule has 1 aromatic carbocycles. The van der Waals surface area contributed by atoms with Gasteiger partial charge in [-0.3, -0.25) is 9.59 Å². The van der Waals surface area contributed by atoms with Crippen LogP contribution >= 0.6 is 0 Å². The average molecular weight is 273 g/mol. The minimum Gasteiger partial charge on any atom is -0.449 e. The summed E-state index contributed by atoms with van der Waals surface area (Å²) in [7, 11) is 0. The number of oxazole rings is 1. The molecular formula is C14H15N3O3. The van der Waals surface area contributed by atoms with Gasteiger partial charge < -0.3 is 15.1 Å². The molecular weight excluding hydrogens is 258 g/mol. The molecule has 2 N–H and O–H groups in total. The fraction of sp³-hybridized carbons (Fsp3) is 0.214. The number of nitrogens with zero attached hydrogens (tertiary/aromatic N) is 1. The summed E-state index contributed by atoms with van der Waals surface area (Å²) in [5.74, 6) is 0.139. The van der Waals surface area contributed by atoms with Crippen LogP contribution in [0.1, 0.15) is 28.9 Å². The zero-order valence-corrected chi connectivity index (χ0v) is 11.3. The quantitative estimate of drug-likeness (QED) is 0.890. The molecule has 2 rings (SSSR count). The van der Waals surface area contributed by atoms with Crippen LogP contribution in [0.2, 0.25) is 0 Å². The van der Waals surface area contributed by atoms with Gasteiger partial charge in [0.1, 0.15) is 6.26 Å². The smallest absolute Gasteiger partial charge is 0.251 e. The second kappa shape index (κ2) is 6.01. The molecule has 0 aliphatic heterocycles. The Labute approximate surface area is 116 Å². The molecule has 1 aromatic heterocycles. The molecule has 104 valence electrons. The summed E-state index contributed by atoms with van der Waals surface area (Å²) in [4.78, 5) is 27.1. The minimum absolute atomic E-state index is 0.180. The lowest BCUT2D eigenvalue weighted by molar-refractivity contribution is -0.114. The second-order valence-electron chi connectivity index (χ2n) is 4.30. The Hall–Kier alpha value is -2.63. The maximum Gasteiger partial charge on any atom is 0.251 e. The van der Waals surface area contributed by atoms with E-state index in [1.165, 1.54) is 13.2 Å². The molecule has 6 heteroatoms. The molecule has 1 heterocycles. The first kappa shape index (κ1) is 13.8. The van der Waals surface area contributed by atoms with Crippen molar-refractivity contribution in [2.75, 3.05) is 5.32 Å². The highest BCUT2D eigenvalue weighted by atomic mass is 16.3. The van der Waals surface area contributed by atoms with Gasteiger partial charge in [-0.2, -0.15) is 0 Å². The van der Waals surface area contributed by atoms with Gasteiger partial charge in [-0.15, -0.1) is 0 Å². The maximum absolute atomic E-state index is 12.0. The van der Waals surface area contributed by atoms with Gasteiger partial charge in [0, 0.05) is 25.1 Å². The Morgan fingerprint density at radius 1 is 1.35 bits per heavy atom. The van der Waals surface area contributed by atoms with Gasteiger partial charge in [0.2, 0.25) is 5.91 Å². The Bertz CT molecular complexity index is 634. The molecule has 0 atom stereocenters. The lowest BCUT2D eigenvalue weighted by Crippen LogP contribution is -2.23. The highest BCUT2D eigenvalue weighted by molar-refractivity contribution is 5.96. The van der Waals surface area contributed by atoms with E-state index in [0.717, 1.165) is 0 Å². The van der Waals surface area contributed by atoms with E-state index in [-0.39, 0.29) is 11.8 Å². The van der Waals surface area contributed by atoms with E-state index in [4.69, 9.17) is 4.42 Å². The predicted octanol–water partition coefficient (Wildman–Crippen LogP) is 1.87. The van der Waals surface area contributed by atoms with Gasteiger partial charge in [0.25, 0.3) is 5.91 Å². The van der Waals surface area contributed by atoms with Crippen LogP contribution in [-0.2, 0) is 11.3 Å². The monoisotopic (exact) mass is 273 g/mol. The zero-order valence-electron chi connectivity index (χ0n) is 11.3. The van der Waals surface area contributed by atoms with Crippen molar-refractivity contribution in [1.29, 1.82) is 0 Å². The van der Waals surface area contributed by atoms with E-state index in [2.05, 4.69) is 15.6 Å². The summed E-state index contributed by atoms with van der Waals surface area (Å²) < 4.78 is 5.06. The molecule has 0 aliphatic rings. The third-order valence-corrected chi connectivity index (χ3v) is 2.54. The molecule has 6 nitrogen and oxygen atoms in total. The van der Waals surface area contributed by atoms with Gasteiger partial charge in [-0.1, -0.05) is 6.07 Å². The van der Waals surface area contributed by atoms with Gasteiger partial charge in [0.15, 0.2) is 5.89 Å². The van der Waals surface area contributed by atoms with E-state index in [9.17, 15) is 9.59 Å². The first-order chi connectivity index (χ1) is 9.54. The lowest BCUT2D eigenvalue weighted by Gasteiger charge is -2.06. The molecule has 0 spiro atoms. The van der Waals surface area contributed by atoms with Crippen molar-refractivity contribution in [3.05, 3.63) is 47.7 Å². The summed E-state index contributed by atoms with van der Waals surface area (Å²) in [5.41, 5.74) is 1.72. The summed E-state index contributed by atoms with van der Waals surface area (Å²) in [6.45, 7) is 3.45. The van der Waals surface area contributed by atoms with Crippen molar-refractivity contribution >= 4 is 17.5 Å². The van der Waals surface area contributed by atoms with Gasteiger partial charge >= 0.3 is 0 Å². The molecule has 0 saturated heterocycles. The van der Waals surface area contributed by atoms with Crippen molar-refractivity contribution in [3.8, 4) is 0 Å². The van der Waals surface area contributed by atoms with Crippen LogP contribution in [0, 0.1) is 6.92 Å². The summed E-state index contributed by atoms with van der Waals surface area (Å²) >= 11 is 0. The van der Waals surface area contributed by atoms with Crippen LogP contribution in [0.25, 0.3) is 0 Å². The first-order valence-corrected chi connectivity index (χ1v) is 6.11. The van der Waals surface area contributed by atoms with E-state index >= 15 is 0 Å². The number of aromatic nitrogens is 1. The van der Waals surface area contributed by atoms with Crippen LogP contribution in [0.3, 0.4) is 0 Å². The molecule has 2 amide bonds.